The molecule has 3 rings (SSSR count). The summed E-state index contributed by atoms with van der Waals surface area (Å²) < 4.78 is 59.3. The van der Waals surface area contributed by atoms with E-state index in [1.807, 2.05) is 18.7 Å². The van der Waals surface area contributed by atoms with Crippen LogP contribution in [0.3, 0.4) is 0 Å². The summed E-state index contributed by atoms with van der Waals surface area (Å²) in [6.07, 6.45) is 1.46. The molecule has 1 aromatic heterocycles. The SMILES string of the molecule is CC(C)OCCS(=O)(=O)N1CCN(c2ccnc3c(F)cc(F)cc23)CC1. The van der Waals surface area contributed by atoms with E-state index >= 15 is 0 Å². The molecule has 0 aliphatic carbocycles. The number of ether oxygens (including phenoxy) is 1. The van der Waals surface area contributed by atoms with Gasteiger partial charge in [0.25, 0.3) is 0 Å². The highest BCUT2D eigenvalue weighted by Crippen LogP contribution is 2.29. The van der Waals surface area contributed by atoms with Crippen LogP contribution in [0.25, 0.3) is 10.9 Å². The van der Waals surface area contributed by atoms with Gasteiger partial charge >= 0.3 is 0 Å². The van der Waals surface area contributed by atoms with E-state index in [0.717, 1.165) is 6.07 Å². The third-order valence-electron chi connectivity index (χ3n) is 4.51. The normalized spacial score (nSPS) is 16.4. The highest BCUT2D eigenvalue weighted by molar-refractivity contribution is 7.89. The second kappa shape index (κ2) is 8.04. The number of sulfonamides is 1. The summed E-state index contributed by atoms with van der Waals surface area (Å²) in [6.45, 7) is 5.36. The molecular weight excluding hydrogens is 376 g/mol. The van der Waals surface area contributed by atoms with E-state index in [0.29, 0.717) is 37.3 Å². The molecule has 0 bridgehead atoms. The van der Waals surface area contributed by atoms with Crippen molar-refractivity contribution < 1.29 is 21.9 Å². The molecule has 0 N–H and O–H groups in total. The highest BCUT2D eigenvalue weighted by atomic mass is 32.2. The smallest absolute Gasteiger partial charge is 0.216 e. The standard InChI is InChI=1S/C18H23F2N3O3S/c1-13(2)26-9-10-27(24,25)23-7-5-22(6-8-23)17-3-4-21-18-15(17)11-14(19)12-16(18)20/h3-4,11-13H,5-10H2,1-2H3. The van der Waals surface area contributed by atoms with Crippen LogP contribution in [-0.4, -0.2) is 62.3 Å². The van der Waals surface area contributed by atoms with Crippen molar-refractivity contribution in [2.24, 2.45) is 0 Å². The first-order chi connectivity index (χ1) is 12.8. The van der Waals surface area contributed by atoms with Crippen LogP contribution in [0.2, 0.25) is 0 Å². The van der Waals surface area contributed by atoms with Gasteiger partial charge in [-0.3, -0.25) is 4.98 Å². The van der Waals surface area contributed by atoms with Gasteiger partial charge in [0, 0.05) is 49.5 Å². The van der Waals surface area contributed by atoms with Crippen LogP contribution >= 0.6 is 0 Å². The van der Waals surface area contributed by atoms with Gasteiger partial charge in [-0.25, -0.2) is 17.2 Å². The molecular formula is C18H23F2N3O3S. The molecule has 27 heavy (non-hydrogen) atoms. The van der Waals surface area contributed by atoms with E-state index in [2.05, 4.69) is 4.98 Å². The van der Waals surface area contributed by atoms with E-state index in [1.165, 1.54) is 16.6 Å². The van der Waals surface area contributed by atoms with E-state index in [1.54, 1.807) is 6.07 Å². The largest absolute Gasteiger partial charge is 0.378 e. The predicted molar refractivity (Wildman–Crippen MR) is 100 cm³/mol. The monoisotopic (exact) mass is 399 g/mol. The molecule has 0 radical (unpaired) electrons. The quantitative estimate of drug-likeness (QED) is 0.746. The van der Waals surface area contributed by atoms with Gasteiger partial charge in [0.2, 0.25) is 10.0 Å². The van der Waals surface area contributed by atoms with Crippen molar-refractivity contribution in [3.8, 4) is 0 Å². The molecule has 0 saturated carbocycles. The zero-order valence-corrected chi connectivity index (χ0v) is 16.2. The summed E-state index contributed by atoms with van der Waals surface area (Å²) in [5, 5.41) is 0.386. The summed E-state index contributed by atoms with van der Waals surface area (Å²) in [6, 6.07) is 3.76. The lowest BCUT2D eigenvalue weighted by molar-refractivity contribution is 0.0906. The average molecular weight is 399 g/mol. The first-order valence-corrected chi connectivity index (χ1v) is 10.5. The summed E-state index contributed by atoms with van der Waals surface area (Å²) >= 11 is 0. The maximum atomic E-state index is 14.0. The van der Waals surface area contributed by atoms with Crippen molar-refractivity contribution in [1.82, 2.24) is 9.29 Å². The fourth-order valence-electron chi connectivity index (χ4n) is 3.17. The zero-order valence-electron chi connectivity index (χ0n) is 15.4. The fraction of sp³-hybridized carbons (Fsp3) is 0.500. The van der Waals surface area contributed by atoms with Crippen molar-refractivity contribution in [3.63, 3.8) is 0 Å². The van der Waals surface area contributed by atoms with Crippen molar-refractivity contribution >= 4 is 26.6 Å². The molecule has 9 heteroatoms. The van der Waals surface area contributed by atoms with E-state index in [9.17, 15) is 17.2 Å². The number of hydrogen-bond donors (Lipinski definition) is 0. The Morgan fingerprint density at radius 3 is 2.56 bits per heavy atom. The number of anilines is 1. The lowest BCUT2D eigenvalue weighted by atomic mass is 10.1. The number of halogens is 2. The molecule has 6 nitrogen and oxygen atoms in total. The van der Waals surface area contributed by atoms with Crippen LogP contribution in [0.1, 0.15) is 13.8 Å². The Balaban J connectivity index is 1.72. The Labute approximate surface area is 157 Å². The molecule has 1 aliphatic heterocycles. The fourth-order valence-corrected chi connectivity index (χ4v) is 4.45. The molecule has 2 heterocycles. The Bertz CT molecular complexity index is 913. The number of rotatable bonds is 6. The molecule has 2 aromatic rings. The molecule has 148 valence electrons. The third kappa shape index (κ3) is 4.53. The summed E-state index contributed by atoms with van der Waals surface area (Å²) in [7, 11) is -3.39. The molecule has 0 atom stereocenters. The summed E-state index contributed by atoms with van der Waals surface area (Å²) in [5.74, 6) is -1.43. The van der Waals surface area contributed by atoms with Crippen LogP contribution in [0.4, 0.5) is 14.5 Å². The van der Waals surface area contributed by atoms with Crippen molar-refractivity contribution in [2.75, 3.05) is 43.4 Å². The average Bonchev–Trinajstić information content (AvgIpc) is 2.61. The highest BCUT2D eigenvalue weighted by Gasteiger charge is 2.27. The van der Waals surface area contributed by atoms with E-state index in [4.69, 9.17) is 4.74 Å². The number of pyridine rings is 1. The van der Waals surface area contributed by atoms with Crippen molar-refractivity contribution in [2.45, 2.75) is 20.0 Å². The third-order valence-corrected chi connectivity index (χ3v) is 6.34. The van der Waals surface area contributed by atoms with Gasteiger partial charge in [-0.2, -0.15) is 4.31 Å². The van der Waals surface area contributed by atoms with Crippen LogP contribution in [-0.2, 0) is 14.8 Å². The minimum Gasteiger partial charge on any atom is -0.378 e. The summed E-state index contributed by atoms with van der Waals surface area (Å²) in [4.78, 5) is 5.92. The lowest BCUT2D eigenvalue weighted by Gasteiger charge is -2.35. The first kappa shape index (κ1) is 19.9. The molecule has 0 unspecified atom stereocenters. The van der Waals surface area contributed by atoms with Gasteiger partial charge < -0.3 is 9.64 Å². The second-order valence-electron chi connectivity index (χ2n) is 6.74. The van der Waals surface area contributed by atoms with Gasteiger partial charge in [0.15, 0.2) is 5.82 Å². The van der Waals surface area contributed by atoms with Crippen LogP contribution in [0, 0.1) is 11.6 Å². The molecule has 1 fully saturated rings. The number of fused-ring (bicyclic) bond motifs is 1. The van der Waals surface area contributed by atoms with Crippen LogP contribution in [0.5, 0.6) is 0 Å². The Morgan fingerprint density at radius 2 is 1.89 bits per heavy atom. The lowest BCUT2D eigenvalue weighted by Crippen LogP contribution is -2.49. The minimum absolute atomic E-state index is 0.0159. The van der Waals surface area contributed by atoms with Gasteiger partial charge in [-0.1, -0.05) is 0 Å². The van der Waals surface area contributed by atoms with Gasteiger partial charge in [-0.05, 0) is 26.0 Å². The Kier molecular flexibility index (Phi) is 5.92. The summed E-state index contributed by atoms with van der Waals surface area (Å²) in [5.41, 5.74) is 0.758. The second-order valence-corrected chi connectivity index (χ2v) is 8.82. The number of piperazine rings is 1. The van der Waals surface area contributed by atoms with Crippen LogP contribution < -0.4 is 4.90 Å². The number of benzene rings is 1. The van der Waals surface area contributed by atoms with E-state index < -0.39 is 21.7 Å². The van der Waals surface area contributed by atoms with E-state index in [-0.39, 0.29) is 24.0 Å². The molecule has 1 aliphatic rings. The van der Waals surface area contributed by atoms with Gasteiger partial charge in [0.05, 0.1) is 18.5 Å². The molecule has 0 spiro atoms. The Hall–Kier alpha value is -1.84. The first-order valence-electron chi connectivity index (χ1n) is 8.86. The zero-order chi connectivity index (χ0) is 19.6. The molecule has 1 aromatic carbocycles. The minimum atomic E-state index is -3.39. The molecule has 0 amide bonds. The predicted octanol–water partition coefficient (Wildman–Crippen LogP) is 2.39. The maximum Gasteiger partial charge on any atom is 0.216 e. The number of aromatic nitrogens is 1. The molecule has 1 saturated heterocycles. The Morgan fingerprint density at radius 1 is 1.19 bits per heavy atom. The maximum absolute atomic E-state index is 14.0. The number of hydrogen-bond acceptors (Lipinski definition) is 5. The van der Waals surface area contributed by atoms with Gasteiger partial charge in [-0.15, -0.1) is 0 Å². The number of nitrogens with zero attached hydrogens (tertiary/aromatic N) is 3. The topological polar surface area (TPSA) is 62.7 Å². The van der Waals surface area contributed by atoms with Crippen LogP contribution in [0.15, 0.2) is 24.4 Å². The van der Waals surface area contributed by atoms with Gasteiger partial charge in [0.1, 0.15) is 11.3 Å². The van der Waals surface area contributed by atoms with Crippen molar-refractivity contribution in [3.05, 3.63) is 36.0 Å². The van der Waals surface area contributed by atoms with Crippen molar-refractivity contribution in [1.29, 1.82) is 0 Å².